The summed E-state index contributed by atoms with van der Waals surface area (Å²) in [4.78, 5) is 10.8. The van der Waals surface area contributed by atoms with Crippen LogP contribution in [-0.2, 0) is 48.1 Å². The van der Waals surface area contributed by atoms with Crippen molar-refractivity contribution in [2.45, 2.75) is 131 Å². The third kappa shape index (κ3) is 9.49. The van der Waals surface area contributed by atoms with Crippen LogP contribution in [0.3, 0.4) is 0 Å². The van der Waals surface area contributed by atoms with Gasteiger partial charge in [0.25, 0.3) is 0 Å². The molecule has 7 aromatic rings. The van der Waals surface area contributed by atoms with Crippen LogP contribution < -0.4 is 0 Å². The zero-order valence-electron chi connectivity index (χ0n) is 39.9. The fourth-order valence-corrected chi connectivity index (χ4v) is 8.01. The first-order valence-electron chi connectivity index (χ1n) is 21.9. The molecule has 0 saturated heterocycles. The standard InChI is InChI=1S/C57H63N4O.Pt/c1-53(2,3)39-24-25-49(43(29-39)35-20-17-16-18-21-35)61-50-36(34-58)22-19-23-46(50)60-52(61)38-26-37(27-40(28-38)54(4,5)6)47-32-42(56(10,11)12)33-48(59-47)44-30-41(55(7,8)9)31-45(51(44)62)57(13,14)15;/h16-25,27-33,62H,1-15H3;/q-1;. The van der Waals surface area contributed by atoms with Gasteiger partial charge in [-0.2, -0.15) is 5.26 Å². The molecule has 6 heteroatoms. The molecule has 0 saturated carbocycles. The molecule has 1 N–H and O–H groups in total. The van der Waals surface area contributed by atoms with Crippen LogP contribution in [-0.4, -0.2) is 19.6 Å². The second kappa shape index (κ2) is 16.7. The number of nitrogens with zero attached hydrogens (tertiary/aromatic N) is 4. The summed E-state index contributed by atoms with van der Waals surface area (Å²) in [5.74, 6) is 0.949. The molecule has 0 bridgehead atoms. The number of hydrogen-bond acceptors (Lipinski definition) is 4. The fourth-order valence-electron chi connectivity index (χ4n) is 8.01. The molecule has 0 amide bonds. The number of aromatic hydroxyl groups is 1. The van der Waals surface area contributed by atoms with Crippen LogP contribution in [0.25, 0.3) is 61.8 Å². The summed E-state index contributed by atoms with van der Waals surface area (Å²) >= 11 is 0. The molecule has 0 spiro atoms. The predicted octanol–water partition coefficient (Wildman–Crippen LogP) is 15.0. The molecule has 0 unspecified atom stereocenters. The quantitative estimate of drug-likeness (QED) is 0.174. The van der Waals surface area contributed by atoms with E-state index in [-0.39, 0.29) is 53.9 Å². The molecule has 0 atom stereocenters. The van der Waals surface area contributed by atoms with Crippen LogP contribution in [0.2, 0.25) is 0 Å². The molecule has 63 heavy (non-hydrogen) atoms. The van der Waals surface area contributed by atoms with E-state index in [9.17, 15) is 10.4 Å². The van der Waals surface area contributed by atoms with Gasteiger partial charge < -0.3 is 9.67 Å². The largest absolute Gasteiger partial charge is 0.507 e. The number of fused-ring (bicyclic) bond motifs is 1. The second-order valence-corrected chi connectivity index (χ2v) is 22.1. The molecular weight excluding hydrogens is 952 g/mol. The molecule has 0 aliphatic carbocycles. The fraction of sp³-hybridized carbons (Fsp3) is 0.351. The van der Waals surface area contributed by atoms with Crippen molar-refractivity contribution in [2.24, 2.45) is 0 Å². The van der Waals surface area contributed by atoms with Gasteiger partial charge in [-0.15, -0.1) is 23.8 Å². The van der Waals surface area contributed by atoms with Crippen LogP contribution in [0.5, 0.6) is 5.75 Å². The molecule has 2 aromatic heterocycles. The first-order valence-corrected chi connectivity index (χ1v) is 21.9. The molecule has 0 aliphatic rings. The number of nitriles is 1. The summed E-state index contributed by atoms with van der Waals surface area (Å²) in [6, 6.07) is 42.2. The Balaban J connectivity index is 0.00000661. The van der Waals surface area contributed by atoms with E-state index in [1.807, 2.05) is 24.3 Å². The van der Waals surface area contributed by atoms with E-state index in [1.165, 1.54) is 5.56 Å². The Morgan fingerprint density at radius 2 is 1.10 bits per heavy atom. The maximum absolute atomic E-state index is 12.1. The third-order valence-corrected chi connectivity index (χ3v) is 12.0. The third-order valence-electron chi connectivity index (χ3n) is 12.0. The van der Waals surface area contributed by atoms with E-state index in [1.54, 1.807) is 0 Å². The topological polar surface area (TPSA) is 74.7 Å². The van der Waals surface area contributed by atoms with Gasteiger partial charge in [-0.1, -0.05) is 170 Å². The molecule has 328 valence electrons. The van der Waals surface area contributed by atoms with E-state index in [0.29, 0.717) is 11.4 Å². The summed E-state index contributed by atoms with van der Waals surface area (Å²) in [6.07, 6.45) is 0. The van der Waals surface area contributed by atoms with Crippen molar-refractivity contribution in [1.29, 1.82) is 5.26 Å². The van der Waals surface area contributed by atoms with Gasteiger partial charge in [0.2, 0.25) is 0 Å². The van der Waals surface area contributed by atoms with Crippen LogP contribution in [0, 0.1) is 17.4 Å². The Hall–Kier alpha value is -5.30. The molecule has 5 aromatic carbocycles. The van der Waals surface area contributed by atoms with Gasteiger partial charge >= 0.3 is 0 Å². The Labute approximate surface area is 390 Å². The minimum Gasteiger partial charge on any atom is -0.507 e. The zero-order valence-corrected chi connectivity index (χ0v) is 42.1. The van der Waals surface area contributed by atoms with Crippen LogP contribution >= 0.6 is 0 Å². The van der Waals surface area contributed by atoms with Gasteiger partial charge in [0.05, 0.1) is 28.1 Å². The van der Waals surface area contributed by atoms with Crippen LogP contribution in [0.15, 0.2) is 103 Å². The van der Waals surface area contributed by atoms with Gasteiger partial charge in [0, 0.05) is 49.1 Å². The minimum atomic E-state index is -0.293. The Bertz CT molecular complexity index is 2880. The number of hydrogen-bond donors (Lipinski definition) is 1. The number of para-hydroxylation sites is 1. The van der Waals surface area contributed by atoms with Gasteiger partial charge in [-0.25, -0.2) is 0 Å². The second-order valence-electron chi connectivity index (χ2n) is 22.1. The number of imidazole rings is 1. The van der Waals surface area contributed by atoms with Crippen molar-refractivity contribution in [3.05, 3.63) is 143 Å². The number of phenols is 1. The maximum Gasteiger partial charge on any atom is 0.128 e. The van der Waals surface area contributed by atoms with Crippen LogP contribution in [0.1, 0.15) is 137 Å². The minimum absolute atomic E-state index is 0. The van der Waals surface area contributed by atoms with E-state index in [4.69, 9.17) is 9.97 Å². The number of aromatic nitrogens is 3. The van der Waals surface area contributed by atoms with E-state index < -0.39 is 0 Å². The smallest absolute Gasteiger partial charge is 0.128 e. The molecule has 2 heterocycles. The van der Waals surface area contributed by atoms with E-state index >= 15 is 0 Å². The van der Waals surface area contributed by atoms with Crippen LogP contribution in [0.4, 0.5) is 0 Å². The monoisotopic (exact) mass is 1010 g/mol. The summed E-state index contributed by atoms with van der Waals surface area (Å²) in [7, 11) is 0. The number of pyridine rings is 1. The molecule has 7 rings (SSSR count). The van der Waals surface area contributed by atoms with E-state index in [2.05, 4.69) is 199 Å². The Morgan fingerprint density at radius 3 is 1.68 bits per heavy atom. The molecule has 5 nitrogen and oxygen atoms in total. The van der Waals surface area contributed by atoms with E-state index in [0.717, 1.165) is 78.2 Å². The Kier molecular flexibility index (Phi) is 12.5. The maximum atomic E-state index is 12.1. The van der Waals surface area contributed by atoms with Crippen molar-refractivity contribution in [1.82, 2.24) is 14.5 Å². The van der Waals surface area contributed by atoms with Gasteiger partial charge in [0.1, 0.15) is 11.8 Å². The average Bonchev–Trinajstić information content (AvgIpc) is 3.59. The number of phenolic OH excluding ortho intramolecular Hbond substituents is 1. The molecule has 0 aliphatic heterocycles. The van der Waals surface area contributed by atoms with Crippen molar-refractivity contribution >= 4 is 11.0 Å². The summed E-state index contributed by atoms with van der Waals surface area (Å²) in [5.41, 5.74) is 13.4. The molecule has 0 radical (unpaired) electrons. The SMILES string of the molecule is CC(C)(C)c1cc(-c2cc(C(C)(C)C)cc(-c3cc(C(C)(C)C)cc(C(C)(C)C)c3O)n2)[c-]c(-c2nc3cccc(C#N)c3n2-c2ccc(C(C)(C)C)cc2-c2ccccc2)c1.[Pt]. The zero-order chi connectivity index (χ0) is 45.3. The summed E-state index contributed by atoms with van der Waals surface area (Å²) in [6.45, 7) is 33.1. The van der Waals surface area contributed by atoms with Gasteiger partial charge in [-0.05, 0) is 85.7 Å². The summed E-state index contributed by atoms with van der Waals surface area (Å²) in [5, 5.41) is 22.7. The molecule has 0 fully saturated rings. The van der Waals surface area contributed by atoms with Crippen molar-refractivity contribution in [3.8, 4) is 62.5 Å². The van der Waals surface area contributed by atoms with Crippen molar-refractivity contribution in [3.63, 3.8) is 0 Å². The number of rotatable bonds is 5. The summed E-state index contributed by atoms with van der Waals surface area (Å²) < 4.78 is 2.17. The normalized spacial score (nSPS) is 12.6. The van der Waals surface area contributed by atoms with Crippen molar-refractivity contribution < 1.29 is 26.2 Å². The average molecular weight is 1020 g/mol. The Morgan fingerprint density at radius 1 is 0.540 bits per heavy atom. The van der Waals surface area contributed by atoms with Gasteiger partial charge in [-0.3, -0.25) is 9.97 Å². The van der Waals surface area contributed by atoms with Crippen molar-refractivity contribution in [2.75, 3.05) is 0 Å². The molecular formula is C57H63N4OPt-. The van der Waals surface area contributed by atoms with Gasteiger partial charge in [0.15, 0.2) is 0 Å². The first-order chi connectivity index (χ1) is 28.8. The predicted molar refractivity (Wildman–Crippen MR) is 259 cm³/mol. The number of benzene rings is 5. The first kappa shape index (κ1) is 47.2.